The molecule has 18 nitrogen and oxygen atoms in total. The normalized spacial score (nSPS) is 12.6. The van der Waals surface area contributed by atoms with E-state index in [0.29, 0.717) is 77.8 Å². The summed E-state index contributed by atoms with van der Waals surface area (Å²) in [6.45, 7) is 7.95. The first kappa shape index (κ1) is 55.0. The third-order valence-electron chi connectivity index (χ3n) is 9.72. The second-order valence-corrected chi connectivity index (χ2v) is 15.2. The molecular weight excluding hydrogens is 763 g/mol. The number of hydrogen-bond donors (Lipinski definition) is 9. The standard InChI is InChI=1S/C41H75N9O9/c1-4-32(41(59)48-22-10-7-15-37(40(43)58)49-24-31(3)52)12-5-9-21-46-29-47-27-36(55)28-50-38(56)16-11-14-34(53)19-23-45-26-35(54)25-44-20-8-6-13-33(39(42)57)18-17-30(2)51/h32-33,37,44-47,49H,4-29H2,1-3H3,(H2,42,57)(H2,43,58)(H,48,59)(H,50,56)/t32-,33+,37-/m0/s1. The van der Waals surface area contributed by atoms with Gasteiger partial charge in [0.1, 0.15) is 17.3 Å². The van der Waals surface area contributed by atoms with Gasteiger partial charge in [0.25, 0.3) is 0 Å². The van der Waals surface area contributed by atoms with Crippen molar-refractivity contribution in [3.8, 4) is 0 Å². The molecule has 11 N–H and O–H groups in total. The molecule has 3 atom stereocenters. The molecule has 338 valence electrons. The van der Waals surface area contributed by atoms with Crippen LogP contribution >= 0.6 is 0 Å². The summed E-state index contributed by atoms with van der Waals surface area (Å²) in [7, 11) is 0. The van der Waals surface area contributed by atoms with Crippen molar-refractivity contribution in [1.29, 1.82) is 0 Å². The molecule has 0 radical (unpaired) electrons. The Morgan fingerprint density at radius 3 is 1.69 bits per heavy atom. The van der Waals surface area contributed by atoms with Gasteiger partial charge < -0.3 is 42.8 Å². The van der Waals surface area contributed by atoms with E-state index in [1.165, 1.54) is 13.8 Å². The summed E-state index contributed by atoms with van der Waals surface area (Å²) < 4.78 is 0. The topological polar surface area (TPSA) is 290 Å². The molecule has 0 aliphatic rings. The Bertz CT molecular complexity index is 1300. The minimum absolute atomic E-state index is 0.0187. The van der Waals surface area contributed by atoms with Gasteiger partial charge in [-0.1, -0.05) is 19.8 Å². The van der Waals surface area contributed by atoms with Crippen LogP contribution in [0.4, 0.5) is 0 Å². The van der Waals surface area contributed by atoms with Crippen LogP contribution in [0.15, 0.2) is 0 Å². The van der Waals surface area contributed by atoms with Crippen LogP contribution in [0.1, 0.15) is 124 Å². The fourth-order valence-corrected chi connectivity index (χ4v) is 6.09. The van der Waals surface area contributed by atoms with Crippen molar-refractivity contribution in [2.75, 3.05) is 65.6 Å². The Balaban J connectivity index is 3.82. The summed E-state index contributed by atoms with van der Waals surface area (Å²) in [6.07, 6.45) is 9.05. The molecule has 0 aromatic heterocycles. The lowest BCUT2D eigenvalue weighted by atomic mass is 9.95. The van der Waals surface area contributed by atoms with Gasteiger partial charge in [-0.15, -0.1) is 0 Å². The van der Waals surface area contributed by atoms with E-state index in [2.05, 4.69) is 37.2 Å². The van der Waals surface area contributed by atoms with E-state index in [0.717, 1.165) is 38.5 Å². The van der Waals surface area contributed by atoms with Gasteiger partial charge in [0.15, 0.2) is 11.6 Å². The van der Waals surface area contributed by atoms with Crippen LogP contribution in [-0.2, 0) is 43.2 Å². The molecule has 0 bridgehead atoms. The molecule has 4 amide bonds. The number of carbonyl (C=O) groups excluding carboxylic acids is 9. The first-order chi connectivity index (χ1) is 28.2. The fourth-order valence-electron chi connectivity index (χ4n) is 6.09. The van der Waals surface area contributed by atoms with Crippen molar-refractivity contribution in [1.82, 2.24) is 37.2 Å². The maximum Gasteiger partial charge on any atom is 0.234 e. The quantitative estimate of drug-likeness (QED) is 0.0286. The lowest BCUT2D eigenvalue weighted by Crippen LogP contribution is -2.43. The molecule has 0 aromatic carbocycles. The van der Waals surface area contributed by atoms with Gasteiger partial charge in [-0.2, -0.15) is 0 Å². The van der Waals surface area contributed by atoms with Crippen molar-refractivity contribution in [2.24, 2.45) is 23.3 Å². The fraction of sp³-hybridized carbons (Fsp3) is 0.780. The lowest BCUT2D eigenvalue weighted by molar-refractivity contribution is -0.126. The molecule has 0 saturated heterocycles. The second-order valence-electron chi connectivity index (χ2n) is 15.2. The highest BCUT2D eigenvalue weighted by Crippen LogP contribution is 2.15. The highest BCUT2D eigenvalue weighted by Gasteiger charge is 2.18. The summed E-state index contributed by atoms with van der Waals surface area (Å²) in [5, 5.41) is 20.7. The van der Waals surface area contributed by atoms with Gasteiger partial charge in [0.05, 0.1) is 38.8 Å². The van der Waals surface area contributed by atoms with Crippen LogP contribution in [0.25, 0.3) is 0 Å². The monoisotopic (exact) mass is 838 g/mol. The smallest absolute Gasteiger partial charge is 0.234 e. The number of carbonyl (C=O) groups is 9. The van der Waals surface area contributed by atoms with Gasteiger partial charge in [0.2, 0.25) is 23.6 Å². The predicted molar refractivity (Wildman–Crippen MR) is 226 cm³/mol. The molecule has 0 aromatic rings. The van der Waals surface area contributed by atoms with Crippen LogP contribution in [0, 0.1) is 11.8 Å². The number of ketones is 5. The van der Waals surface area contributed by atoms with Crippen LogP contribution in [0.3, 0.4) is 0 Å². The molecule has 0 fully saturated rings. The minimum atomic E-state index is -0.562. The zero-order valence-corrected chi connectivity index (χ0v) is 35.9. The third-order valence-corrected chi connectivity index (χ3v) is 9.72. The summed E-state index contributed by atoms with van der Waals surface area (Å²) >= 11 is 0. The summed E-state index contributed by atoms with van der Waals surface area (Å²) in [5.41, 5.74) is 10.8. The molecule has 0 rings (SSSR count). The Labute approximate surface area is 350 Å². The Kier molecular flexibility index (Phi) is 33.5. The lowest BCUT2D eigenvalue weighted by Gasteiger charge is -2.16. The number of rotatable bonds is 42. The van der Waals surface area contributed by atoms with Crippen LogP contribution in [0.5, 0.6) is 0 Å². The molecule has 0 aliphatic heterocycles. The van der Waals surface area contributed by atoms with Crippen molar-refractivity contribution in [3.63, 3.8) is 0 Å². The third kappa shape index (κ3) is 33.5. The molecule has 59 heavy (non-hydrogen) atoms. The first-order valence-electron chi connectivity index (χ1n) is 21.4. The Morgan fingerprint density at radius 1 is 0.475 bits per heavy atom. The van der Waals surface area contributed by atoms with Crippen molar-refractivity contribution in [3.05, 3.63) is 0 Å². The van der Waals surface area contributed by atoms with Gasteiger partial charge in [-0.05, 0) is 91.1 Å². The van der Waals surface area contributed by atoms with Gasteiger partial charge >= 0.3 is 0 Å². The largest absolute Gasteiger partial charge is 0.369 e. The van der Waals surface area contributed by atoms with Gasteiger partial charge in [0, 0.05) is 57.3 Å². The summed E-state index contributed by atoms with van der Waals surface area (Å²) in [5.74, 6) is -1.82. The molecule has 0 saturated carbocycles. The van der Waals surface area contributed by atoms with E-state index < -0.39 is 17.9 Å². The first-order valence-corrected chi connectivity index (χ1v) is 21.4. The predicted octanol–water partition coefficient (Wildman–Crippen LogP) is -0.157. The summed E-state index contributed by atoms with van der Waals surface area (Å²) in [4.78, 5) is 106. The Hall–Kier alpha value is -3.97. The zero-order chi connectivity index (χ0) is 44.3. The minimum Gasteiger partial charge on any atom is -0.369 e. The number of hydrogen-bond acceptors (Lipinski definition) is 14. The van der Waals surface area contributed by atoms with Crippen molar-refractivity contribution < 1.29 is 43.2 Å². The second kappa shape index (κ2) is 35.9. The van der Waals surface area contributed by atoms with E-state index >= 15 is 0 Å². The van der Waals surface area contributed by atoms with E-state index in [1.54, 1.807) is 0 Å². The number of nitrogens with one attached hydrogen (secondary N) is 7. The molecule has 0 spiro atoms. The molecule has 0 unspecified atom stereocenters. The number of nitrogens with two attached hydrogens (primary N) is 2. The molecular formula is C41H75N9O9. The number of Topliss-reactive ketones (excluding diaryl/α,β-unsaturated/α-hetero) is 5. The van der Waals surface area contributed by atoms with E-state index in [1.807, 2.05) is 6.92 Å². The highest BCUT2D eigenvalue weighted by atomic mass is 16.2. The van der Waals surface area contributed by atoms with Gasteiger partial charge in [-0.3, -0.25) is 49.0 Å². The maximum absolute atomic E-state index is 12.6. The van der Waals surface area contributed by atoms with Gasteiger partial charge in [-0.25, -0.2) is 0 Å². The van der Waals surface area contributed by atoms with Crippen molar-refractivity contribution in [2.45, 2.75) is 130 Å². The molecule has 18 heteroatoms. The number of unbranched alkanes of at least 4 members (excludes halogenated alkanes) is 3. The van der Waals surface area contributed by atoms with Crippen molar-refractivity contribution >= 4 is 52.5 Å². The van der Waals surface area contributed by atoms with E-state index in [-0.39, 0.29) is 105 Å². The number of amides is 4. The van der Waals surface area contributed by atoms with Crippen LogP contribution in [-0.4, -0.2) is 124 Å². The molecule has 0 aliphatic carbocycles. The van der Waals surface area contributed by atoms with E-state index in [9.17, 15) is 43.2 Å². The maximum atomic E-state index is 12.6. The SMILES string of the molecule is CC[C@@H](CCCCNCNCC(=O)CNC(=O)CCCC(=O)CCNCC(=O)CNCCCC[C@H](CCC(C)=O)C(N)=O)C(=O)NCCCC[C@H](NCC(C)=O)C(N)=O. The van der Waals surface area contributed by atoms with Crippen LogP contribution in [0.2, 0.25) is 0 Å². The summed E-state index contributed by atoms with van der Waals surface area (Å²) in [6, 6.07) is -0.562. The molecule has 0 heterocycles. The Morgan fingerprint density at radius 2 is 1.07 bits per heavy atom. The number of primary amides is 2. The average Bonchev–Trinajstić information content (AvgIpc) is 3.17. The highest BCUT2D eigenvalue weighted by molar-refractivity contribution is 5.87. The van der Waals surface area contributed by atoms with Crippen LogP contribution < -0.4 is 48.7 Å². The average molecular weight is 838 g/mol. The van der Waals surface area contributed by atoms with E-state index in [4.69, 9.17) is 11.5 Å². The zero-order valence-electron chi connectivity index (χ0n) is 35.9.